The van der Waals surface area contributed by atoms with Crippen molar-refractivity contribution < 1.29 is 19.0 Å². The second kappa shape index (κ2) is 14.4. The number of aliphatic imine (C=N–C) groups is 1. The molecule has 1 fully saturated rings. The Hall–Kier alpha value is -1.54. The molecule has 1 heterocycles. The van der Waals surface area contributed by atoms with Gasteiger partial charge in [0.25, 0.3) is 0 Å². The Morgan fingerprint density at radius 3 is 2.69 bits per heavy atom. The minimum Gasteiger partial charge on any atom is -0.444 e. The number of nitrogens with zero attached hydrogens (tertiary/aromatic N) is 2. The van der Waals surface area contributed by atoms with Crippen LogP contribution in [0, 0.1) is 5.92 Å². The molecule has 0 aromatic carbocycles. The highest BCUT2D eigenvalue weighted by Gasteiger charge is 2.27. The molecule has 2 N–H and O–H groups in total. The summed E-state index contributed by atoms with van der Waals surface area (Å²) in [5, 5.41) is 6.68. The van der Waals surface area contributed by atoms with Crippen LogP contribution in [-0.4, -0.2) is 82.2 Å². The van der Waals surface area contributed by atoms with E-state index in [-0.39, 0.29) is 6.09 Å². The van der Waals surface area contributed by atoms with E-state index in [1.165, 1.54) is 0 Å². The summed E-state index contributed by atoms with van der Waals surface area (Å²) < 4.78 is 15.9. The fourth-order valence-corrected chi connectivity index (χ4v) is 3.13. The normalized spacial score (nSPS) is 17.9. The lowest BCUT2D eigenvalue weighted by atomic mass is 9.95. The predicted octanol–water partition coefficient (Wildman–Crippen LogP) is 2.63. The number of carbonyl (C=O) groups excluding carboxylic acids is 1. The highest BCUT2D eigenvalue weighted by Crippen LogP contribution is 2.21. The van der Waals surface area contributed by atoms with Gasteiger partial charge in [-0.2, -0.15) is 0 Å². The van der Waals surface area contributed by atoms with E-state index in [1.807, 2.05) is 25.7 Å². The summed E-state index contributed by atoms with van der Waals surface area (Å²) in [6.07, 6.45) is 3.87. The molecule has 1 unspecified atom stereocenters. The van der Waals surface area contributed by atoms with Gasteiger partial charge in [-0.15, -0.1) is 0 Å². The zero-order valence-corrected chi connectivity index (χ0v) is 19.1. The average Bonchev–Trinajstić information content (AvgIpc) is 2.66. The predicted molar refractivity (Wildman–Crippen MR) is 116 cm³/mol. The fraction of sp³-hybridized carbons (Fsp3) is 0.905. The maximum Gasteiger partial charge on any atom is 0.410 e. The molecule has 8 nitrogen and oxygen atoms in total. The summed E-state index contributed by atoms with van der Waals surface area (Å²) in [6.45, 7) is 13.7. The van der Waals surface area contributed by atoms with E-state index in [0.717, 1.165) is 64.4 Å². The Kier molecular flexibility index (Phi) is 12.7. The van der Waals surface area contributed by atoms with Gasteiger partial charge in [-0.05, 0) is 59.3 Å². The largest absolute Gasteiger partial charge is 0.444 e. The van der Waals surface area contributed by atoms with Crippen LogP contribution >= 0.6 is 0 Å². The maximum atomic E-state index is 12.3. The third-order valence-electron chi connectivity index (χ3n) is 4.51. The van der Waals surface area contributed by atoms with Gasteiger partial charge < -0.3 is 29.7 Å². The molecule has 1 aliphatic heterocycles. The van der Waals surface area contributed by atoms with E-state index in [9.17, 15) is 4.79 Å². The van der Waals surface area contributed by atoms with Crippen molar-refractivity contribution in [2.75, 3.05) is 59.7 Å². The number of rotatable bonds is 11. The number of methoxy groups -OCH3 is 1. The van der Waals surface area contributed by atoms with Crippen LogP contribution in [-0.2, 0) is 14.2 Å². The SMILES string of the molecule is CCNC(=NCCCOCCOC)NCCC1CCCN(C(=O)OC(C)(C)C)C1. The van der Waals surface area contributed by atoms with E-state index in [0.29, 0.717) is 25.7 Å². The van der Waals surface area contributed by atoms with Crippen molar-refractivity contribution in [3.8, 4) is 0 Å². The number of hydrogen-bond acceptors (Lipinski definition) is 5. The van der Waals surface area contributed by atoms with E-state index in [2.05, 4.69) is 22.5 Å². The monoisotopic (exact) mass is 414 g/mol. The lowest BCUT2D eigenvalue weighted by Gasteiger charge is -2.34. The van der Waals surface area contributed by atoms with Crippen molar-refractivity contribution in [2.45, 2.75) is 59.0 Å². The van der Waals surface area contributed by atoms with Gasteiger partial charge in [-0.25, -0.2) is 4.79 Å². The molecule has 0 aromatic rings. The van der Waals surface area contributed by atoms with Crippen LogP contribution in [0.3, 0.4) is 0 Å². The van der Waals surface area contributed by atoms with Crippen LogP contribution < -0.4 is 10.6 Å². The van der Waals surface area contributed by atoms with E-state index in [1.54, 1.807) is 7.11 Å². The van der Waals surface area contributed by atoms with Crippen molar-refractivity contribution in [3.05, 3.63) is 0 Å². The molecule has 1 atom stereocenters. The highest BCUT2D eigenvalue weighted by atomic mass is 16.6. The van der Waals surface area contributed by atoms with Crippen LogP contribution in [0.15, 0.2) is 4.99 Å². The molecular weight excluding hydrogens is 372 g/mol. The van der Waals surface area contributed by atoms with Crippen LogP contribution in [0.25, 0.3) is 0 Å². The van der Waals surface area contributed by atoms with Crippen LogP contribution in [0.2, 0.25) is 0 Å². The van der Waals surface area contributed by atoms with Gasteiger partial charge in [0.15, 0.2) is 5.96 Å². The summed E-state index contributed by atoms with van der Waals surface area (Å²) in [5.74, 6) is 1.32. The van der Waals surface area contributed by atoms with Gasteiger partial charge >= 0.3 is 6.09 Å². The summed E-state index contributed by atoms with van der Waals surface area (Å²) in [6, 6.07) is 0. The second-order valence-electron chi connectivity index (χ2n) is 8.37. The molecule has 29 heavy (non-hydrogen) atoms. The first kappa shape index (κ1) is 25.5. The lowest BCUT2D eigenvalue weighted by Crippen LogP contribution is -2.44. The molecule has 0 saturated carbocycles. The standard InChI is InChI=1S/C21H42N4O4/c1-6-22-19(23-11-8-14-28-16-15-27-5)24-12-10-18-9-7-13-25(17-18)20(26)29-21(2,3)4/h18H,6-17H2,1-5H3,(H2,22,23,24). The van der Waals surface area contributed by atoms with E-state index >= 15 is 0 Å². The van der Waals surface area contributed by atoms with Crippen molar-refractivity contribution in [3.63, 3.8) is 0 Å². The van der Waals surface area contributed by atoms with Gasteiger partial charge in [0.1, 0.15) is 5.60 Å². The van der Waals surface area contributed by atoms with Gasteiger partial charge in [0.2, 0.25) is 0 Å². The summed E-state index contributed by atoms with van der Waals surface area (Å²) in [7, 11) is 1.67. The number of nitrogens with one attached hydrogen (secondary N) is 2. The third kappa shape index (κ3) is 12.6. The maximum absolute atomic E-state index is 12.3. The van der Waals surface area contributed by atoms with Crippen molar-refractivity contribution in [1.29, 1.82) is 0 Å². The zero-order chi connectivity index (χ0) is 21.5. The number of ether oxygens (including phenoxy) is 3. The molecule has 0 aliphatic carbocycles. The van der Waals surface area contributed by atoms with Gasteiger partial charge in [0, 0.05) is 46.4 Å². The third-order valence-corrected chi connectivity index (χ3v) is 4.51. The van der Waals surface area contributed by atoms with Crippen molar-refractivity contribution in [2.24, 2.45) is 10.9 Å². The van der Waals surface area contributed by atoms with Gasteiger partial charge in [-0.3, -0.25) is 4.99 Å². The summed E-state index contributed by atoms with van der Waals surface area (Å²) in [5.41, 5.74) is -0.447. The molecule has 170 valence electrons. The number of guanidine groups is 1. The topological polar surface area (TPSA) is 84.4 Å². The fourth-order valence-electron chi connectivity index (χ4n) is 3.13. The summed E-state index contributed by atoms with van der Waals surface area (Å²) in [4.78, 5) is 18.7. The molecule has 0 radical (unpaired) electrons. The minimum atomic E-state index is -0.447. The molecule has 0 spiro atoms. The Morgan fingerprint density at radius 1 is 1.21 bits per heavy atom. The molecule has 1 aliphatic rings. The molecule has 0 bridgehead atoms. The smallest absolute Gasteiger partial charge is 0.410 e. The summed E-state index contributed by atoms with van der Waals surface area (Å²) >= 11 is 0. The Bertz CT molecular complexity index is 480. The molecule has 8 heteroatoms. The number of amides is 1. The first-order valence-corrected chi connectivity index (χ1v) is 10.9. The minimum absolute atomic E-state index is 0.197. The van der Waals surface area contributed by atoms with Crippen molar-refractivity contribution in [1.82, 2.24) is 15.5 Å². The Balaban J connectivity index is 2.30. The number of likely N-dealkylation sites (tertiary alicyclic amines) is 1. The first-order valence-electron chi connectivity index (χ1n) is 10.9. The zero-order valence-electron chi connectivity index (χ0n) is 19.1. The quantitative estimate of drug-likeness (QED) is 0.307. The molecule has 1 saturated heterocycles. The number of hydrogen-bond donors (Lipinski definition) is 2. The van der Waals surface area contributed by atoms with Crippen LogP contribution in [0.5, 0.6) is 0 Å². The van der Waals surface area contributed by atoms with Gasteiger partial charge in [0.05, 0.1) is 13.2 Å². The molecular formula is C21H42N4O4. The number of carbonyl (C=O) groups is 1. The van der Waals surface area contributed by atoms with Crippen LogP contribution in [0.1, 0.15) is 53.4 Å². The number of piperidine rings is 1. The lowest BCUT2D eigenvalue weighted by molar-refractivity contribution is 0.0162. The molecule has 1 amide bonds. The van der Waals surface area contributed by atoms with Crippen molar-refractivity contribution >= 4 is 12.1 Å². The van der Waals surface area contributed by atoms with Gasteiger partial charge in [-0.1, -0.05) is 0 Å². The van der Waals surface area contributed by atoms with Crippen LogP contribution in [0.4, 0.5) is 4.79 Å². The molecule has 0 aromatic heterocycles. The Morgan fingerprint density at radius 2 is 2.00 bits per heavy atom. The van der Waals surface area contributed by atoms with E-state index < -0.39 is 5.60 Å². The first-order chi connectivity index (χ1) is 13.9. The molecule has 1 rings (SSSR count). The highest BCUT2D eigenvalue weighted by molar-refractivity contribution is 5.79. The van der Waals surface area contributed by atoms with E-state index in [4.69, 9.17) is 14.2 Å². The average molecular weight is 415 g/mol. The second-order valence-corrected chi connectivity index (χ2v) is 8.37. The Labute approximate surface area is 176 Å².